The van der Waals surface area contributed by atoms with E-state index in [1.165, 1.54) is 24.0 Å². The normalized spacial score (nSPS) is 27.4. The van der Waals surface area contributed by atoms with Gasteiger partial charge in [0.15, 0.2) is 0 Å². The van der Waals surface area contributed by atoms with Gasteiger partial charge in [0, 0.05) is 12.0 Å². The molecule has 1 saturated carbocycles. The molecule has 0 aliphatic heterocycles. The fraction of sp³-hybridized carbons (Fsp3) is 0.667. The van der Waals surface area contributed by atoms with Crippen molar-refractivity contribution in [3.63, 3.8) is 0 Å². The Morgan fingerprint density at radius 2 is 1.90 bits per heavy atom. The maximum Gasteiger partial charge on any atom is 0.122 e. The van der Waals surface area contributed by atoms with E-state index in [9.17, 15) is 0 Å². The molecule has 20 heavy (non-hydrogen) atoms. The SMILES string of the molecule is COc1ccc(C)cc1C1CC(C(C)(C)C)CCC1N. The zero-order chi connectivity index (χ0) is 14.9. The van der Waals surface area contributed by atoms with Crippen molar-refractivity contribution in [1.82, 2.24) is 0 Å². The Kier molecular flexibility index (Phi) is 4.43. The van der Waals surface area contributed by atoms with Crippen LogP contribution in [0, 0.1) is 18.3 Å². The lowest BCUT2D eigenvalue weighted by atomic mass is 9.66. The van der Waals surface area contributed by atoms with Gasteiger partial charge in [-0.1, -0.05) is 38.5 Å². The highest BCUT2D eigenvalue weighted by Crippen LogP contribution is 2.45. The first-order chi connectivity index (χ1) is 9.32. The van der Waals surface area contributed by atoms with E-state index in [1.54, 1.807) is 7.11 Å². The topological polar surface area (TPSA) is 35.2 Å². The van der Waals surface area contributed by atoms with Crippen LogP contribution in [-0.4, -0.2) is 13.2 Å². The molecule has 112 valence electrons. The van der Waals surface area contributed by atoms with Crippen LogP contribution in [0.1, 0.15) is 57.1 Å². The summed E-state index contributed by atoms with van der Waals surface area (Å²) in [4.78, 5) is 0. The van der Waals surface area contributed by atoms with Gasteiger partial charge in [-0.2, -0.15) is 0 Å². The highest BCUT2D eigenvalue weighted by Gasteiger charge is 2.36. The molecule has 0 saturated heterocycles. The van der Waals surface area contributed by atoms with Crippen molar-refractivity contribution < 1.29 is 4.74 Å². The summed E-state index contributed by atoms with van der Waals surface area (Å²) in [6.45, 7) is 9.18. The standard InChI is InChI=1S/C18H29NO/c1-12-6-9-17(20-5)15(10-12)14-11-13(18(2,3)4)7-8-16(14)19/h6,9-10,13-14,16H,7-8,11,19H2,1-5H3. The molecular weight excluding hydrogens is 246 g/mol. The largest absolute Gasteiger partial charge is 0.496 e. The van der Waals surface area contributed by atoms with Gasteiger partial charge >= 0.3 is 0 Å². The van der Waals surface area contributed by atoms with E-state index in [0.717, 1.165) is 18.1 Å². The Hall–Kier alpha value is -1.02. The van der Waals surface area contributed by atoms with Crippen LogP contribution in [0.2, 0.25) is 0 Å². The Morgan fingerprint density at radius 3 is 2.50 bits per heavy atom. The fourth-order valence-electron chi connectivity index (χ4n) is 3.48. The van der Waals surface area contributed by atoms with Gasteiger partial charge in [-0.25, -0.2) is 0 Å². The molecular formula is C18H29NO. The van der Waals surface area contributed by atoms with E-state index in [2.05, 4.69) is 45.9 Å². The van der Waals surface area contributed by atoms with Gasteiger partial charge in [-0.15, -0.1) is 0 Å². The number of nitrogens with two attached hydrogens (primary N) is 1. The molecule has 2 nitrogen and oxygen atoms in total. The first-order valence-corrected chi connectivity index (χ1v) is 7.73. The Balaban J connectivity index is 2.32. The molecule has 0 spiro atoms. The number of hydrogen-bond acceptors (Lipinski definition) is 2. The van der Waals surface area contributed by atoms with Gasteiger partial charge in [-0.05, 0) is 49.1 Å². The zero-order valence-corrected chi connectivity index (χ0v) is 13.6. The van der Waals surface area contributed by atoms with E-state index in [-0.39, 0.29) is 6.04 Å². The third-order valence-corrected chi connectivity index (χ3v) is 4.91. The highest BCUT2D eigenvalue weighted by atomic mass is 16.5. The van der Waals surface area contributed by atoms with E-state index in [0.29, 0.717) is 11.3 Å². The minimum Gasteiger partial charge on any atom is -0.496 e. The van der Waals surface area contributed by atoms with Crippen molar-refractivity contribution in [2.75, 3.05) is 7.11 Å². The third-order valence-electron chi connectivity index (χ3n) is 4.91. The van der Waals surface area contributed by atoms with Gasteiger partial charge in [-0.3, -0.25) is 0 Å². The maximum atomic E-state index is 6.43. The molecule has 0 amide bonds. The smallest absolute Gasteiger partial charge is 0.122 e. The molecule has 2 rings (SSSR count). The van der Waals surface area contributed by atoms with Gasteiger partial charge in [0.25, 0.3) is 0 Å². The summed E-state index contributed by atoms with van der Waals surface area (Å²) in [6, 6.07) is 6.70. The number of rotatable bonds is 2. The van der Waals surface area contributed by atoms with E-state index >= 15 is 0 Å². The van der Waals surface area contributed by atoms with E-state index in [4.69, 9.17) is 10.5 Å². The Morgan fingerprint density at radius 1 is 1.20 bits per heavy atom. The second-order valence-electron chi connectivity index (χ2n) is 7.39. The van der Waals surface area contributed by atoms with Crippen LogP contribution in [0.15, 0.2) is 18.2 Å². The molecule has 0 heterocycles. The first kappa shape index (κ1) is 15.4. The van der Waals surface area contributed by atoms with Crippen molar-refractivity contribution >= 4 is 0 Å². The molecule has 2 N–H and O–H groups in total. The van der Waals surface area contributed by atoms with Crippen molar-refractivity contribution in [1.29, 1.82) is 0 Å². The predicted molar refractivity (Wildman–Crippen MR) is 85.2 cm³/mol. The van der Waals surface area contributed by atoms with Crippen molar-refractivity contribution in [2.24, 2.45) is 17.1 Å². The third kappa shape index (κ3) is 3.17. The summed E-state index contributed by atoms with van der Waals surface area (Å²) in [5.41, 5.74) is 9.37. The Labute approximate surface area is 123 Å². The summed E-state index contributed by atoms with van der Waals surface area (Å²) in [7, 11) is 1.75. The number of benzene rings is 1. The molecule has 0 bridgehead atoms. The summed E-state index contributed by atoms with van der Waals surface area (Å²) >= 11 is 0. The van der Waals surface area contributed by atoms with Crippen LogP contribution in [0.4, 0.5) is 0 Å². The van der Waals surface area contributed by atoms with Crippen LogP contribution in [0.5, 0.6) is 5.75 Å². The minimum atomic E-state index is 0.254. The molecule has 2 heteroatoms. The first-order valence-electron chi connectivity index (χ1n) is 7.73. The molecule has 1 aromatic rings. The van der Waals surface area contributed by atoms with Crippen LogP contribution < -0.4 is 10.5 Å². The second-order valence-corrected chi connectivity index (χ2v) is 7.39. The number of methoxy groups -OCH3 is 1. The molecule has 1 aliphatic rings. The molecule has 1 fully saturated rings. The van der Waals surface area contributed by atoms with Gasteiger partial charge in [0.2, 0.25) is 0 Å². The van der Waals surface area contributed by atoms with Crippen molar-refractivity contribution in [2.45, 2.75) is 58.9 Å². The van der Waals surface area contributed by atoms with Crippen LogP contribution in [-0.2, 0) is 0 Å². The van der Waals surface area contributed by atoms with Crippen LogP contribution in [0.3, 0.4) is 0 Å². The summed E-state index contributed by atoms with van der Waals surface area (Å²) in [5, 5.41) is 0. The highest BCUT2D eigenvalue weighted by molar-refractivity contribution is 5.40. The number of ether oxygens (including phenoxy) is 1. The molecule has 1 aromatic carbocycles. The molecule has 0 aromatic heterocycles. The van der Waals surface area contributed by atoms with Gasteiger partial charge in [0.1, 0.15) is 5.75 Å². The molecule has 3 unspecified atom stereocenters. The predicted octanol–water partition coefficient (Wildman–Crippen LogP) is 4.26. The van der Waals surface area contributed by atoms with Crippen molar-refractivity contribution in [3.05, 3.63) is 29.3 Å². The zero-order valence-electron chi connectivity index (χ0n) is 13.6. The van der Waals surface area contributed by atoms with Crippen LogP contribution in [0.25, 0.3) is 0 Å². The lowest BCUT2D eigenvalue weighted by molar-refractivity contribution is 0.153. The maximum absolute atomic E-state index is 6.43. The van der Waals surface area contributed by atoms with Crippen molar-refractivity contribution in [3.8, 4) is 5.75 Å². The molecule has 1 aliphatic carbocycles. The summed E-state index contributed by atoms with van der Waals surface area (Å²) in [6.07, 6.45) is 3.53. The fourth-order valence-corrected chi connectivity index (χ4v) is 3.48. The second kappa shape index (κ2) is 5.77. The average Bonchev–Trinajstić information content (AvgIpc) is 2.38. The van der Waals surface area contributed by atoms with E-state index < -0.39 is 0 Å². The Bertz CT molecular complexity index is 461. The van der Waals surface area contributed by atoms with Gasteiger partial charge in [0.05, 0.1) is 7.11 Å². The molecule has 3 atom stereocenters. The lowest BCUT2D eigenvalue weighted by Gasteiger charge is -2.41. The minimum absolute atomic E-state index is 0.254. The summed E-state index contributed by atoms with van der Waals surface area (Å²) < 4.78 is 5.57. The van der Waals surface area contributed by atoms with E-state index in [1.807, 2.05) is 0 Å². The lowest BCUT2D eigenvalue weighted by Crippen LogP contribution is -2.38. The van der Waals surface area contributed by atoms with Crippen LogP contribution >= 0.6 is 0 Å². The van der Waals surface area contributed by atoms with Gasteiger partial charge < -0.3 is 10.5 Å². The number of hydrogen-bond donors (Lipinski definition) is 1. The number of aryl methyl sites for hydroxylation is 1. The quantitative estimate of drug-likeness (QED) is 0.875. The monoisotopic (exact) mass is 275 g/mol. The average molecular weight is 275 g/mol. The molecule has 0 radical (unpaired) electrons. The summed E-state index contributed by atoms with van der Waals surface area (Å²) in [5.74, 6) is 2.14.